The van der Waals surface area contributed by atoms with E-state index in [9.17, 15) is 0 Å². The summed E-state index contributed by atoms with van der Waals surface area (Å²) in [4.78, 5) is 11.3. The Hall–Kier alpha value is -1.60. The second kappa shape index (κ2) is 7.43. The summed E-state index contributed by atoms with van der Waals surface area (Å²) in [5, 5.41) is 2.05. The number of morpholine rings is 1. The molecule has 5 aliphatic rings. The first kappa shape index (κ1) is 17.5. The SMILES string of the molecule is [CH]c1ccc(OC2=CC(N3CCOCC3)ON2[C@H]2CN3CCC2CC3)cc1. The van der Waals surface area contributed by atoms with Gasteiger partial charge in [0, 0.05) is 25.7 Å². The number of piperidine rings is 3. The van der Waals surface area contributed by atoms with Crippen LogP contribution in [0.5, 0.6) is 5.75 Å². The monoisotopic (exact) mass is 369 g/mol. The van der Waals surface area contributed by atoms with Crippen LogP contribution in [0.15, 0.2) is 36.2 Å². The minimum absolute atomic E-state index is 0.0897. The first-order valence-electron chi connectivity index (χ1n) is 10.0. The van der Waals surface area contributed by atoms with E-state index in [0.717, 1.165) is 50.0 Å². The Kier molecular flexibility index (Phi) is 4.82. The summed E-state index contributed by atoms with van der Waals surface area (Å²) in [5.74, 6) is 2.25. The molecule has 0 saturated carbocycles. The minimum atomic E-state index is -0.0897. The standard InChI is InChI=1S/C21H27N3O3/c1-16-2-4-18(5-3-16)26-21-14-20(23-10-12-25-13-11-23)27-24(21)19-15-22-8-6-17(19)7-9-22/h1-5,14,17,19-20H,6-13,15H2/t19-,20?/m0/s1. The van der Waals surface area contributed by atoms with Gasteiger partial charge in [0.05, 0.1) is 19.3 Å². The Labute approximate surface area is 161 Å². The quantitative estimate of drug-likeness (QED) is 0.808. The Bertz CT molecular complexity index is 678. The number of hydrogen-bond donors (Lipinski definition) is 0. The van der Waals surface area contributed by atoms with E-state index < -0.39 is 0 Å². The third-order valence-corrected chi connectivity index (χ3v) is 6.15. The fourth-order valence-electron chi connectivity index (χ4n) is 4.57. The highest BCUT2D eigenvalue weighted by atomic mass is 16.7. The summed E-state index contributed by atoms with van der Waals surface area (Å²) >= 11 is 0. The molecule has 4 fully saturated rings. The molecule has 2 bridgehead atoms. The van der Waals surface area contributed by atoms with Crippen LogP contribution in [0.2, 0.25) is 0 Å². The van der Waals surface area contributed by atoms with Gasteiger partial charge in [0.1, 0.15) is 5.75 Å². The molecule has 1 unspecified atom stereocenters. The lowest BCUT2D eigenvalue weighted by Gasteiger charge is -2.48. The Morgan fingerprint density at radius 2 is 1.74 bits per heavy atom. The van der Waals surface area contributed by atoms with Crippen LogP contribution >= 0.6 is 0 Å². The Balaban J connectivity index is 1.38. The number of hydrogen-bond acceptors (Lipinski definition) is 6. The first-order valence-corrected chi connectivity index (χ1v) is 10.0. The van der Waals surface area contributed by atoms with Crippen molar-refractivity contribution in [1.29, 1.82) is 0 Å². The summed E-state index contributed by atoms with van der Waals surface area (Å²) in [6.07, 6.45) is 4.50. The average molecular weight is 369 g/mol. The van der Waals surface area contributed by atoms with Gasteiger partial charge in [0.15, 0.2) is 6.23 Å². The molecule has 6 heteroatoms. The topological polar surface area (TPSA) is 37.4 Å². The molecule has 1 aromatic carbocycles. The van der Waals surface area contributed by atoms with E-state index in [1.165, 1.54) is 25.9 Å². The molecule has 144 valence electrons. The maximum atomic E-state index is 6.44. The van der Waals surface area contributed by atoms with Crippen molar-refractivity contribution >= 4 is 0 Å². The lowest BCUT2D eigenvalue weighted by atomic mass is 9.84. The molecule has 4 saturated heterocycles. The molecule has 0 N–H and O–H groups in total. The predicted octanol–water partition coefficient (Wildman–Crippen LogP) is 1.97. The van der Waals surface area contributed by atoms with Crippen LogP contribution < -0.4 is 4.74 Å². The van der Waals surface area contributed by atoms with Crippen molar-refractivity contribution in [3.05, 3.63) is 48.7 Å². The number of nitrogens with zero attached hydrogens (tertiary/aromatic N) is 3. The zero-order valence-corrected chi connectivity index (χ0v) is 15.6. The zero-order valence-electron chi connectivity index (χ0n) is 15.6. The highest BCUT2D eigenvalue weighted by Gasteiger charge is 2.43. The summed E-state index contributed by atoms with van der Waals surface area (Å²) in [5.41, 5.74) is 0.736. The van der Waals surface area contributed by atoms with Crippen molar-refractivity contribution in [3.8, 4) is 5.75 Å². The Morgan fingerprint density at radius 3 is 2.41 bits per heavy atom. The van der Waals surface area contributed by atoms with Crippen LogP contribution in [0.25, 0.3) is 0 Å². The molecule has 2 radical (unpaired) electrons. The maximum absolute atomic E-state index is 6.44. The predicted molar refractivity (Wildman–Crippen MR) is 101 cm³/mol. The van der Waals surface area contributed by atoms with Gasteiger partial charge in [-0.2, -0.15) is 0 Å². The van der Waals surface area contributed by atoms with E-state index >= 15 is 0 Å². The highest BCUT2D eigenvalue weighted by Crippen LogP contribution is 2.36. The maximum Gasteiger partial charge on any atom is 0.220 e. The summed E-state index contributed by atoms with van der Waals surface area (Å²) in [6, 6.07) is 7.89. The second-order valence-electron chi connectivity index (χ2n) is 7.85. The van der Waals surface area contributed by atoms with Gasteiger partial charge in [-0.05, 0) is 56.5 Å². The first-order chi connectivity index (χ1) is 13.3. The molecule has 0 aromatic heterocycles. The lowest BCUT2D eigenvalue weighted by molar-refractivity contribution is -0.240. The van der Waals surface area contributed by atoms with Gasteiger partial charge in [0.25, 0.3) is 0 Å². The van der Waals surface area contributed by atoms with E-state index in [1.54, 1.807) is 0 Å². The van der Waals surface area contributed by atoms with Crippen molar-refractivity contribution < 1.29 is 14.3 Å². The molecule has 6 nitrogen and oxygen atoms in total. The normalized spacial score (nSPS) is 34.0. The summed E-state index contributed by atoms with van der Waals surface area (Å²) in [7, 11) is 0. The largest absolute Gasteiger partial charge is 0.439 e. The van der Waals surface area contributed by atoms with E-state index in [1.807, 2.05) is 29.3 Å². The van der Waals surface area contributed by atoms with Gasteiger partial charge in [-0.25, -0.2) is 9.90 Å². The zero-order chi connectivity index (χ0) is 18.2. The molecule has 5 heterocycles. The van der Waals surface area contributed by atoms with E-state index in [4.69, 9.17) is 21.2 Å². The number of ether oxygens (including phenoxy) is 2. The third kappa shape index (κ3) is 3.59. The number of hydroxylamine groups is 2. The van der Waals surface area contributed by atoms with Crippen molar-refractivity contribution in [2.75, 3.05) is 45.9 Å². The highest BCUT2D eigenvalue weighted by molar-refractivity contribution is 5.30. The van der Waals surface area contributed by atoms with E-state index in [2.05, 4.69) is 15.9 Å². The third-order valence-electron chi connectivity index (χ3n) is 6.15. The van der Waals surface area contributed by atoms with E-state index in [0.29, 0.717) is 12.0 Å². The Morgan fingerprint density at radius 1 is 1.00 bits per heavy atom. The van der Waals surface area contributed by atoms with Gasteiger partial charge in [-0.15, -0.1) is 0 Å². The lowest BCUT2D eigenvalue weighted by Crippen LogP contribution is -2.57. The molecule has 6 rings (SSSR count). The second-order valence-corrected chi connectivity index (χ2v) is 7.85. The van der Waals surface area contributed by atoms with Gasteiger partial charge in [-0.1, -0.05) is 12.1 Å². The number of rotatable bonds is 4. The fourth-order valence-corrected chi connectivity index (χ4v) is 4.57. The molecule has 0 spiro atoms. The van der Waals surface area contributed by atoms with Crippen LogP contribution in [-0.4, -0.2) is 73.1 Å². The van der Waals surface area contributed by atoms with Crippen LogP contribution in [0.1, 0.15) is 18.4 Å². The van der Waals surface area contributed by atoms with Gasteiger partial charge in [0.2, 0.25) is 5.88 Å². The van der Waals surface area contributed by atoms with Crippen LogP contribution in [0.4, 0.5) is 0 Å². The van der Waals surface area contributed by atoms with Gasteiger partial charge < -0.3 is 14.4 Å². The molecule has 1 aromatic rings. The van der Waals surface area contributed by atoms with E-state index in [-0.39, 0.29) is 6.23 Å². The average Bonchev–Trinajstić information content (AvgIpc) is 3.15. The number of benzene rings is 1. The molecule has 0 amide bonds. The molecule has 2 atom stereocenters. The van der Waals surface area contributed by atoms with Crippen molar-refractivity contribution in [2.45, 2.75) is 25.1 Å². The smallest absolute Gasteiger partial charge is 0.220 e. The summed E-state index contributed by atoms with van der Waals surface area (Å²) < 4.78 is 11.8. The molecule has 27 heavy (non-hydrogen) atoms. The molecule has 5 aliphatic heterocycles. The van der Waals surface area contributed by atoms with Crippen molar-refractivity contribution in [3.63, 3.8) is 0 Å². The molecular formula is C21H27N3O3. The van der Waals surface area contributed by atoms with Gasteiger partial charge in [-0.3, -0.25) is 4.90 Å². The number of fused-ring (bicyclic) bond motifs is 3. The van der Waals surface area contributed by atoms with Crippen molar-refractivity contribution in [2.24, 2.45) is 5.92 Å². The summed E-state index contributed by atoms with van der Waals surface area (Å²) in [6.45, 7) is 12.5. The van der Waals surface area contributed by atoms with Crippen LogP contribution in [0, 0.1) is 12.8 Å². The van der Waals surface area contributed by atoms with Crippen molar-refractivity contribution in [1.82, 2.24) is 14.9 Å². The molecular weight excluding hydrogens is 342 g/mol. The molecule has 0 aliphatic carbocycles. The fraction of sp³-hybridized carbons (Fsp3) is 0.571. The van der Waals surface area contributed by atoms with Gasteiger partial charge >= 0.3 is 0 Å². The van der Waals surface area contributed by atoms with Crippen LogP contribution in [-0.2, 0) is 9.57 Å². The van der Waals surface area contributed by atoms with Crippen LogP contribution in [0.3, 0.4) is 0 Å². The minimum Gasteiger partial charge on any atom is -0.439 e.